The number of hydrogen-bond acceptors (Lipinski definition) is 5. The Balaban J connectivity index is 1.85. The molecule has 2 aliphatic heterocycles. The number of carbonyl (C=O) groups is 3. The number of fused-ring (bicyclic) bond motifs is 1. The molecule has 1 unspecified atom stereocenters. The van der Waals surface area contributed by atoms with Gasteiger partial charge in [0.2, 0.25) is 11.8 Å². The highest BCUT2D eigenvalue weighted by Gasteiger charge is 2.33. The first-order chi connectivity index (χ1) is 13.0. The minimum absolute atomic E-state index is 0.0505. The second kappa shape index (κ2) is 6.68. The maximum Gasteiger partial charge on any atom is 0.326 e. The SMILES string of the molecule is Cn1c(=O)[nH]c2ccc(C3CCC(=O)NC3=O)c(N3CCC(C=O)CC3)c21. The van der Waals surface area contributed by atoms with Gasteiger partial charge < -0.3 is 14.7 Å². The Labute approximate surface area is 155 Å². The monoisotopic (exact) mass is 370 g/mol. The summed E-state index contributed by atoms with van der Waals surface area (Å²) in [5.74, 6) is -0.930. The molecule has 1 atom stereocenters. The van der Waals surface area contributed by atoms with Gasteiger partial charge in [0, 0.05) is 32.5 Å². The van der Waals surface area contributed by atoms with Gasteiger partial charge in [0.15, 0.2) is 0 Å². The van der Waals surface area contributed by atoms with Crippen LogP contribution >= 0.6 is 0 Å². The molecule has 3 heterocycles. The van der Waals surface area contributed by atoms with Crippen molar-refractivity contribution in [3.63, 3.8) is 0 Å². The quantitative estimate of drug-likeness (QED) is 0.614. The second-order valence-corrected chi connectivity index (χ2v) is 7.35. The van der Waals surface area contributed by atoms with Crippen LogP contribution in [0.25, 0.3) is 11.0 Å². The van der Waals surface area contributed by atoms with Crippen molar-refractivity contribution in [2.45, 2.75) is 31.6 Å². The molecule has 0 aliphatic carbocycles. The van der Waals surface area contributed by atoms with Gasteiger partial charge in [0.25, 0.3) is 0 Å². The third-order valence-corrected chi connectivity index (χ3v) is 5.73. The number of H-pyrrole nitrogens is 1. The first kappa shape index (κ1) is 17.5. The Morgan fingerprint density at radius 3 is 2.52 bits per heavy atom. The zero-order chi connectivity index (χ0) is 19.1. The maximum atomic E-state index is 12.5. The van der Waals surface area contributed by atoms with E-state index in [0.717, 1.165) is 35.9 Å². The molecule has 8 nitrogen and oxygen atoms in total. The van der Waals surface area contributed by atoms with E-state index in [1.54, 1.807) is 11.6 Å². The fourth-order valence-corrected chi connectivity index (χ4v) is 4.20. The number of amides is 2. The van der Waals surface area contributed by atoms with Crippen LogP contribution in [0.4, 0.5) is 5.69 Å². The lowest BCUT2D eigenvalue weighted by Crippen LogP contribution is -2.41. The molecule has 2 aromatic rings. The van der Waals surface area contributed by atoms with Crippen molar-refractivity contribution in [3.05, 3.63) is 28.2 Å². The predicted octanol–water partition coefficient (Wildman–Crippen LogP) is 0.802. The molecule has 2 aliphatic rings. The molecule has 0 spiro atoms. The van der Waals surface area contributed by atoms with Crippen molar-refractivity contribution in [2.24, 2.45) is 13.0 Å². The molecule has 0 radical (unpaired) electrons. The van der Waals surface area contributed by atoms with E-state index < -0.39 is 5.92 Å². The van der Waals surface area contributed by atoms with Crippen molar-refractivity contribution in [3.8, 4) is 0 Å². The summed E-state index contributed by atoms with van der Waals surface area (Å²) in [5, 5.41) is 2.42. The third kappa shape index (κ3) is 2.94. The third-order valence-electron chi connectivity index (χ3n) is 5.73. The number of imidazole rings is 1. The molecule has 1 aromatic carbocycles. The molecular weight excluding hydrogens is 348 g/mol. The van der Waals surface area contributed by atoms with Crippen LogP contribution in [0.5, 0.6) is 0 Å². The van der Waals surface area contributed by atoms with E-state index in [-0.39, 0.29) is 23.4 Å². The number of piperidine rings is 2. The van der Waals surface area contributed by atoms with E-state index in [0.29, 0.717) is 31.4 Å². The van der Waals surface area contributed by atoms with Crippen molar-refractivity contribution < 1.29 is 14.4 Å². The number of rotatable bonds is 3. The Bertz CT molecular complexity index is 981. The normalized spacial score (nSPS) is 21.5. The Hall–Kier alpha value is -2.90. The van der Waals surface area contributed by atoms with Crippen molar-refractivity contribution in [1.82, 2.24) is 14.9 Å². The van der Waals surface area contributed by atoms with Gasteiger partial charge in [-0.3, -0.25) is 19.5 Å². The van der Waals surface area contributed by atoms with E-state index >= 15 is 0 Å². The van der Waals surface area contributed by atoms with Gasteiger partial charge >= 0.3 is 5.69 Å². The van der Waals surface area contributed by atoms with E-state index in [9.17, 15) is 19.2 Å². The number of hydrogen-bond donors (Lipinski definition) is 2. The molecule has 2 amide bonds. The van der Waals surface area contributed by atoms with Gasteiger partial charge in [0.1, 0.15) is 6.29 Å². The van der Waals surface area contributed by atoms with E-state index in [2.05, 4.69) is 15.2 Å². The largest absolute Gasteiger partial charge is 0.369 e. The first-order valence-corrected chi connectivity index (χ1v) is 9.25. The molecule has 2 saturated heterocycles. The molecule has 0 bridgehead atoms. The molecule has 0 saturated carbocycles. The molecule has 8 heteroatoms. The number of aryl methyl sites for hydroxylation is 1. The van der Waals surface area contributed by atoms with Crippen LogP contribution in [0.15, 0.2) is 16.9 Å². The lowest BCUT2D eigenvalue weighted by atomic mass is 9.87. The van der Waals surface area contributed by atoms with Crippen LogP contribution in [0, 0.1) is 5.92 Å². The summed E-state index contributed by atoms with van der Waals surface area (Å²) in [6, 6.07) is 3.69. The zero-order valence-corrected chi connectivity index (χ0v) is 15.2. The van der Waals surface area contributed by atoms with E-state index in [1.165, 1.54) is 0 Å². The summed E-state index contributed by atoms with van der Waals surface area (Å²) in [6.07, 6.45) is 3.24. The fraction of sp³-hybridized carbons (Fsp3) is 0.474. The van der Waals surface area contributed by atoms with Crippen molar-refractivity contribution in [1.29, 1.82) is 0 Å². The predicted molar refractivity (Wildman–Crippen MR) is 99.7 cm³/mol. The Morgan fingerprint density at radius 1 is 1.11 bits per heavy atom. The summed E-state index contributed by atoms with van der Waals surface area (Å²) in [5.41, 5.74) is 2.94. The van der Waals surface area contributed by atoms with Gasteiger partial charge in [-0.05, 0) is 30.9 Å². The number of benzene rings is 1. The van der Waals surface area contributed by atoms with Gasteiger partial charge in [-0.2, -0.15) is 0 Å². The number of aromatic amines is 1. The van der Waals surface area contributed by atoms with Crippen molar-refractivity contribution in [2.75, 3.05) is 18.0 Å². The van der Waals surface area contributed by atoms with Crippen molar-refractivity contribution >= 4 is 34.8 Å². The average Bonchev–Trinajstić information content (AvgIpc) is 2.96. The average molecular weight is 370 g/mol. The fourth-order valence-electron chi connectivity index (χ4n) is 4.20. The summed E-state index contributed by atoms with van der Waals surface area (Å²) in [7, 11) is 1.71. The minimum atomic E-state index is -0.434. The van der Waals surface area contributed by atoms with Crippen LogP contribution in [0.1, 0.15) is 37.2 Å². The number of nitrogens with one attached hydrogen (secondary N) is 2. The molecule has 4 rings (SSSR count). The van der Waals surface area contributed by atoms with Gasteiger partial charge in [0.05, 0.1) is 22.6 Å². The number of aldehydes is 1. The lowest BCUT2D eigenvalue weighted by molar-refractivity contribution is -0.134. The topological polar surface area (TPSA) is 104 Å². The van der Waals surface area contributed by atoms with Gasteiger partial charge in [-0.15, -0.1) is 0 Å². The Kier molecular flexibility index (Phi) is 4.33. The first-order valence-electron chi connectivity index (χ1n) is 9.25. The second-order valence-electron chi connectivity index (χ2n) is 7.35. The Morgan fingerprint density at radius 2 is 1.85 bits per heavy atom. The highest BCUT2D eigenvalue weighted by molar-refractivity contribution is 6.03. The number of anilines is 1. The van der Waals surface area contributed by atoms with Crippen LogP contribution in [-0.4, -0.2) is 40.7 Å². The number of imide groups is 1. The zero-order valence-electron chi connectivity index (χ0n) is 15.2. The molecule has 27 heavy (non-hydrogen) atoms. The van der Waals surface area contributed by atoms with Crippen LogP contribution in [0.3, 0.4) is 0 Å². The standard InChI is InChI=1S/C19H22N4O4/c1-22-17-14(20-19(22)27)4-2-12(13-3-5-15(25)21-18(13)26)16(17)23-8-6-11(10-24)7-9-23/h2,4,10-11,13H,3,5-9H2,1H3,(H,20,27)(H,21,25,26). The molecule has 2 N–H and O–H groups in total. The minimum Gasteiger partial charge on any atom is -0.369 e. The molecule has 2 fully saturated rings. The lowest BCUT2D eigenvalue weighted by Gasteiger charge is -2.35. The van der Waals surface area contributed by atoms with Gasteiger partial charge in [-0.25, -0.2) is 4.79 Å². The number of nitrogens with zero attached hydrogens (tertiary/aromatic N) is 2. The number of carbonyl (C=O) groups excluding carboxylic acids is 3. The summed E-state index contributed by atoms with van der Waals surface area (Å²) >= 11 is 0. The molecule has 142 valence electrons. The highest BCUT2D eigenvalue weighted by Crippen LogP contribution is 2.38. The van der Waals surface area contributed by atoms with Crippen LogP contribution in [0.2, 0.25) is 0 Å². The van der Waals surface area contributed by atoms with E-state index in [1.807, 2.05) is 12.1 Å². The smallest absolute Gasteiger partial charge is 0.326 e. The highest BCUT2D eigenvalue weighted by atomic mass is 16.2. The van der Waals surface area contributed by atoms with Crippen LogP contribution < -0.4 is 15.9 Å². The van der Waals surface area contributed by atoms with Crippen LogP contribution in [-0.2, 0) is 21.4 Å². The number of aromatic nitrogens is 2. The summed E-state index contributed by atoms with van der Waals surface area (Å²) in [6.45, 7) is 1.37. The maximum absolute atomic E-state index is 12.5. The van der Waals surface area contributed by atoms with Gasteiger partial charge in [-0.1, -0.05) is 6.07 Å². The van der Waals surface area contributed by atoms with E-state index in [4.69, 9.17) is 0 Å². The molecule has 1 aromatic heterocycles. The summed E-state index contributed by atoms with van der Waals surface area (Å²) < 4.78 is 1.56. The summed E-state index contributed by atoms with van der Waals surface area (Å²) in [4.78, 5) is 52.3. The molecular formula is C19H22N4O4.